The molecule has 0 saturated carbocycles. The van der Waals surface area contributed by atoms with Gasteiger partial charge in [0.1, 0.15) is 5.75 Å². The number of nitrogens with one attached hydrogen (secondary N) is 1. The second-order valence-electron chi connectivity index (χ2n) is 8.36. The first-order valence-corrected chi connectivity index (χ1v) is 11.7. The molecule has 1 aliphatic heterocycles. The molecule has 1 fully saturated rings. The topological polar surface area (TPSA) is 71.1 Å². The number of hydrogen-bond acceptors (Lipinski definition) is 7. The minimum Gasteiger partial charge on any atom is -0.495 e. The first kappa shape index (κ1) is 24.3. The van der Waals surface area contributed by atoms with Crippen LogP contribution in [0.1, 0.15) is 20.7 Å². The number of ether oxygens (including phenoxy) is 2. The maximum atomic E-state index is 13.6. The summed E-state index contributed by atoms with van der Waals surface area (Å²) in [5.41, 5.74) is 2.74. The fourth-order valence-electron chi connectivity index (χ4n) is 4.48. The maximum absolute atomic E-state index is 13.6. The predicted octanol–water partition coefficient (Wildman–Crippen LogP) is 3.97. The van der Waals surface area contributed by atoms with Gasteiger partial charge in [0.2, 0.25) is 0 Å². The van der Waals surface area contributed by atoms with Crippen LogP contribution in [0.3, 0.4) is 0 Å². The van der Waals surface area contributed by atoms with Gasteiger partial charge in [0.05, 0.1) is 31.5 Å². The van der Waals surface area contributed by atoms with Gasteiger partial charge in [-0.3, -0.25) is 9.69 Å². The minimum atomic E-state index is -0.464. The highest BCUT2D eigenvalue weighted by atomic mass is 16.5. The summed E-state index contributed by atoms with van der Waals surface area (Å²) in [6, 6.07) is 24.5. The van der Waals surface area contributed by atoms with E-state index in [4.69, 9.17) is 9.47 Å². The van der Waals surface area contributed by atoms with Crippen molar-refractivity contribution in [2.45, 2.75) is 6.04 Å². The predicted molar refractivity (Wildman–Crippen MR) is 138 cm³/mol. The van der Waals surface area contributed by atoms with Gasteiger partial charge in [-0.05, 0) is 24.3 Å². The molecule has 7 heteroatoms. The van der Waals surface area contributed by atoms with Crippen LogP contribution in [0.25, 0.3) is 0 Å². The molecule has 0 radical (unpaired) electrons. The van der Waals surface area contributed by atoms with E-state index in [1.165, 1.54) is 12.8 Å². The fraction of sp³-hybridized carbons (Fsp3) is 0.286. The number of para-hydroxylation sites is 2. The Balaban J connectivity index is 1.56. The summed E-state index contributed by atoms with van der Waals surface area (Å²) >= 11 is 0. The van der Waals surface area contributed by atoms with Gasteiger partial charge >= 0.3 is 5.97 Å². The fourth-order valence-corrected chi connectivity index (χ4v) is 4.48. The SMILES string of the molecule is COC(=O)c1cccc(OC)c1NCC(C(=O)c1ccccc1)N1CCN(c2ccccc2)CC1. The van der Waals surface area contributed by atoms with Crippen LogP contribution in [0.4, 0.5) is 11.4 Å². The molecule has 1 saturated heterocycles. The number of ketones is 1. The van der Waals surface area contributed by atoms with Gasteiger partial charge in [-0.25, -0.2) is 4.79 Å². The van der Waals surface area contributed by atoms with E-state index in [1.54, 1.807) is 25.3 Å². The summed E-state index contributed by atoms with van der Waals surface area (Å²) in [5, 5.41) is 3.34. The molecule has 0 spiro atoms. The number of esters is 1. The van der Waals surface area contributed by atoms with Crippen LogP contribution in [0, 0.1) is 0 Å². The Morgan fingerprint density at radius 2 is 1.51 bits per heavy atom. The third-order valence-electron chi connectivity index (χ3n) is 6.36. The second-order valence-corrected chi connectivity index (χ2v) is 8.36. The van der Waals surface area contributed by atoms with E-state index in [1.807, 2.05) is 48.5 Å². The first-order chi connectivity index (χ1) is 17.1. The Morgan fingerprint density at radius 1 is 0.857 bits per heavy atom. The van der Waals surface area contributed by atoms with Crippen molar-refractivity contribution in [2.75, 3.05) is 57.2 Å². The maximum Gasteiger partial charge on any atom is 0.340 e. The minimum absolute atomic E-state index is 0.0424. The highest BCUT2D eigenvalue weighted by molar-refractivity contribution is 6.01. The molecule has 3 aromatic rings. The Kier molecular flexibility index (Phi) is 8.00. The largest absolute Gasteiger partial charge is 0.495 e. The standard InChI is InChI=1S/C28H31N3O4/c1-34-25-15-9-14-23(28(33)35-2)26(25)29-20-24(27(32)21-10-5-3-6-11-21)31-18-16-30(17-19-31)22-12-7-4-8-13-22/h3-15,24,29H,16-20H2,1-2H3. The van der Waals surface area contributed by atoms with Crippen LogP contribution in [0.15, 0.2) is 78.9 Å². The molecule has 182 valence electrons. The summed E-state index contributed by atoms with van der Waals surface area (Å²) in [6.45, 7) is 3.46. The molecule has 35 heavy (non-hydrogen) atoms. The lowest BCUT2D eigenvalue weighted by Crippen LogP contribution is -2.55. The molecular formula is C28H31N3O4. The van der Waals surface area contributed by atoms with E-state index >= 15 is 0 Å². The van der Waals surface area contributed by atoms with Crippen LogP contribution in [-0.4, -0.2) is 69.6 Å². The summed E-state index contributed by atoms with van der Waals surface area (Å²) in [5.74, 6) is 0.0993. The van der Waals surface area contributed by atoms with Crippen LogP contribution < -0.4 is 15.0 Å². The number of hydrogen-bond donors (Lipinski definition) is 1. The van der Waals surface area contributed by atoms with Crippen LogP contribution >= 0.6 is 0 Å². The van der Waals surface area contributed by atoms with Crippen LogP contribution in [-0.2, 0) is 4.74 Å². The van der Waals surface area contributed by atoms with Gasteiger partial charge in [0.25, 0.3) is 0 Å². The van der Waals surface area contributed by atoms with Crippen molar-refractivity contribution < 1.29 is 19.1 Å². The third kappa shape index (κ3) is 5.63. The van der Waals surface area contributed by atoms with Crippen molar-refractivity contribution in [1.29, 1.82) is 0 Å². The van der Waals surface area contributed by atoms with Gasteiger partial charge in [0.15, 0.2) is 5.78 Å². The van der Waals surface area contributed by atoms with Crippen molar-refractivity contribution >= 4 is 23.1 Å². The quantitative estimate of drug-likeness (QED) is 0.373. The van der Waals surface area contributed by atoms with Crippen LogP contribution in [0.5, 0.6) is 5.75 Å². The molecule has 4 rings (SSSR count). The lowest BCUT2D eigenvalue weighted by Gasteiger charge is -2.40. The molecule has 7 nitrogen and oxygen atoms in total. The zero-order chi connectivity index (χ0) is 24.6. The van der Waals surface area contributed by atoms with E-state index in [2.05, 4.69) is 27.2 Å². The lowest BCUT2D eigenvalue weighted by molar-refractivity contribution is 0.0601. The smallest absolute Gasteiger partial charge is 0.340 e. The summed E-state index contributed by atoms with van der Waals surface area (Å²) < 4.78 is 10.4. The van der Waals surface area contributed by atoms with Crippen LogP contribution in [0.2, 0.25) is 0 Å². The number of nitrogens with zero attached hydrogens (tertiary/aromatic N) is 2. The van der Waals surface area contributed by atoms with Gasteiger partial charge in [-0.15, -0.1) is 0 Å². The number of benzene rings is 3. The zero-order valence-electron chi connectivity index (χ0n) is 20.1. The Hall–Kier alpha value is -3.84. The molecule has 1 unspecified atom stereocenters. The summed E-state index contributed by atoms with van der Waals surface area (Å²) in [4.78, 5) is 30.6. The van der Waals surface area contributed by atoms with Gasteiger partial charge in [0, 0.05) is 44.0 Å². The van der Waals surface area contributed by atoms with Gasteiger partial charge in [-0.1, -0.05) is 54.6 Å². The first-order valence-electron chi connectivity index (χ1n) is 11.7. The highest BCUT2D eigenvalue weighted by Crippen LogP contribution is 2.29. The Morgan fingerprint density at radius 3 is 2.14 bits per heavy atom. The van der Waals surface area contributed by atoms with Crippen molar-refractivity contribution in [3.63, 3.8) is 0 Å². The van der Waals surface area contributed by atoms with Crippen molar-refractivity contribution in [3.8, 4) is 5.75 Å². The summed E-state index contributed by atoms with van der Waals surface area (Å²) in [7, 11) is 2.90. The van der Waals surface area contributed by atoms with Gasteiger partial charge in [-0.2, -0.15) is 0 Å². The number of Topliss-reactive ketones (excluding diaryl/α,β-unsaturated/α-hetero) is 1. The molecule has 1 aliphatic rings. The number of carbonyl (C=O) groups excluding carboxylic acids is 2. The number of methoxy groups -OCH3 is 2. The molecular weight excluding hydrogens is 442 g/mol. The molecule has 0 aromatic heterocycles. The molecule has 0 aliphatic carbocycles. The Bertz CT molecular complexity index is 1130. The van der Waals surface area contributed by atoms with E-state index in [0.29, 0.717) is 29.1 Å². The zero-order valence-corrected chi connectivity index (χ0v) is 20.1. The molecule has 0 amide bonds. The number of carbonyl (C=O) groups is 2. The Labute approximate surface area is 206 Å². The highest BCUT2D eigenvalue weighted by Gasteiger charge is 2.30. The van der Waals surface area contributed by atoms with E-state index in [0.717, 1.165) is 26.2 Å². The van der Waals surface area contributed by atoms with E-state index < -0.39 is 12.0 Å². The molecule has 0 bridgehead atoms. The van der Waals surface area contributed by atoms with Crippen molar-refractivity contribution in [1.82, 2.24) is 4.90 Å². The van der Waals surface area contributed by atoms with Crippen molar-refractivity contribution in [2.24, 2.45) is 0 Å². The normalized spacial score (nSPS) is 14.7. The molecule has 1 heterocycles. The lowest BCUT2D eigenvalue weighted by atomic mass is 10.0. The molecule has 1 atom stereocenters. The van der Waals surface area contributed by atoms with Crippen molar-refractivity contribution in [3.05, 3.63) is 90.0 Å². The van der Waals surface area contributed by atoms with E-state index in [-0.39, 0.29) is 5.78 Å². The second kappa shape index (κ2) is 11.5. The molecule has 1 N–H and O–H groups in total. The van der Waals surface area contributed by atoms with E-state index in [9.17, 15) is 9.59 Å². The monoisotopic (exact) mass is 473 g/mol. The van der Waals surface area contributed by atoms with Gasteiger partial charge < -0.3 is 19.7 Å². The number of anilines is 2. The average molecular weight is 474 g/mol. The summed E-state index contributed by atoms with van der Waals surface area (Å²) in [6.07, 6.45) is 0. The molecule has 3 aromatic carbocycles. The average Bonchev–Trinajstić information content (AvgIpc) is 2.93. The number of piperazine rings is 1. The third-order valence-corrected chi connectivity index (χ3v) is 6.36. The number of rotatable bonds is 9.